The number of nitrogens with one attached hydrogen (secondary N) is 1. The van der Waals surface area contributed by atoms with Crippen LogP contribution in [-0.2, 0) is 0 Å². The molecule has 1 unspecified atom stereocenters. The molecule has 0 amide bonds. The van der Waals surface area contributed by atoms with Gasteiger partial charge in [-0.1, -0.05) is 80.6 Å². The smallest absolute Gasteiger partial charge is 0.0541 e. The van der Waals surface area contributed by atoms with Gasteiger partial charge in [-0.3, -0.25) is 0 Å². The van der Waals surface area contributed by atoms with Gasteiger partial charge in [-0.2, -0.15) is 0 Å². The molecule has 0 bridgehead atoms. The molecule has 5 aromatic carbocycles. The maximum Gasteiger partial charge on any atom is 0.0541 e. The van der Waals surface area contributed by atoms with Crippen molar-refractivity contribution >= 4 is 43.6 Å². The van der Waals surface area contributed by atoms with E-state index in [1.54, 1.807) is 0 Å². The summed E-state index contributed by atoms with van der Waals surface area (Å²) in [5, 5.41) is 5.13. The van der Waals surface area contributed by atoms with Crippen LogP contribution in [0.25, 0.3) is 60.4 Å². The van der Waals surface area contributed by atoms with Crippen LogP contribution in [-0.4, -0.2) is 9.55 Å². The lowest BCUT2D eigenvalue weighted by Crippen LogP contribution is -2.02. The molecule has 0 spiro atoms. The van der Waals surface area contributed by atoms with Crippen molar-refractivity contribution in [3.8, 4) is 16.8 Å². The van der Waals surface area contributed by atoms with Gasteiger partial charge in [0.1, 0.15) is 0 Å². The number of H-pyrrole nitrogens is 1. The molecule has 2 aromatic heterocycles. The van der Waals surface area contributed by atoms with Crippen molar-refractivity contribution in [2.24, 2.45) is 0 Å². The standard InChI is InChI=1S/C34H28N2/c1-3-22(2)25-10-5-8-14-32(25)36-33-15-9-6-12-27(33)29-21-24(17-19-34(29)36)23-16-18-31-28(20-23)26-11-4-7-13-30(26)35-31/h4-22,35H,3H2,1-2H3. The van der Waals surface area contributed by atoms with Crippen LogP contribution in [0, 0.1) is 0 Å². The summed E-state index contributed by atoms with van der Waals surface area (Å²) < 4.78 is 2.46. The average molecular weight is 465 g/mol. The van der Waals surface area contributed by atoms with Crippen LogP contribution < -0.4 is 0 Å². The van der Waals surface area contributed by atoms with Crippen molar-refractivity contribution in [3.63, 3.8) is 0 Å². The molecule has 0 aliphatic rings. The van der Waals surface area contributed by atoms with Gasteiger partial charge in [-0.05, 0) is 71.5 Å². The van der Waals surface area contributed by atoms with E-state index in [4.69, 9.17) is 0 Å². The molecule has 0 saturated heterocycles. The molecule has 2 heteroatoms. The van der Waals surface area contributed by atoms with Crippen LogP contribution in [0.15, 0.2) is 109 Å². The van der Waals surface area contributed by atoms with Gasteiger partial charge in [0, 0.05) is 38.3 Å². The van der Waals surface area contributed by atoms with E-state index in [2.05, 4.69) is 133 Å². The first-order valence-electron chi connectivity index (χ1n) is 12.9. The lowest BCUT2D eigenvalue weighted by atomic mass is 9.96. The summed E-state index contributed by atoms with van der Waals surface area (Å²) in [6.07, 6.45) is 1.12. The topological polar surface area (TPSA) is 20.7 Å². The number of aromatic nitrogens is 2. The Hall–Kier alpha value is -4.30. The minimum atomic E-state index is 0.500. The third-order valence-electron chi connectivity index (χ3n) is 7.83. The number of rotatable bonds is 4. The van der Waals surface area contributed by atoms with Gasteiger partial charge in [0.2, 0.25) is 0 Å². The molecule has 0 saturated carbocycles. The Balaban J connectivity index is 1.47. The quantitative estimate of drug-likeness (QED) is 0.268. The number of hydrogen-bond donors (Lipinski definition) is 1. The number of hydrogen-bond acceptors (Lipinski definition) is 0. The number of aromatic amines is 1. The molecule has 1 atom stereocenters. The van der Waals surface area contributed by atoms with E-state index >= 15 is 0 Å². The Bertz CT molecular complexity index is 1900. The molecule has 174 valence electrons. The van der Waals surface area contributed by atoms with Gasteiger partial charge in [0.15, 0.2) is 0 Å². The Morgan fingerprint density at radius 2 is 1.25 bits per heavy atom. The molecule has 0 aliphatic carbocycles. The lowest BCUT2D eigenvalue weighted by molar-refractivity contribution is 0.728. The Morgan fingerprint density at radius 3 is 2.11 bits per heavy atom. The fourth-order valence-corrected chi connectivity index (χ4v) is 5.77. The first-order chi connectivity index (χ1) is 17.7. The predicted molar refractivity (Wildman–Crippen MR) is 154 cm³/mol. The van der Waals surface area contributed by atoms with Crippen molar-refractivity contribution in [3.05, 3.63) is 115 Å². The minimum absolute atomic E-state index is 0.500. The van der Waals surface area contributed by atoms with Gasteiger partial charge >= 0.3 is 0 Å². The molecular weight excluding hydrogens is 436 g/mol. The molecule has 2 nitrogen and oxygen atoms in total. The molecule has 0 radical (unpaired) electrons. The summed E-state index contributed by atoms with van der Waals surface area (Å²) in [5.74, 6) is 0.500. The first kappa shape index (κ1) is 21.0. The first-order valence-corrected chi connectivity index (χ1v) is 12.9. The molecule has 0 fully saturated rings. The SMILES string of the molecule is CCC(C)c1ccccc1-n1c2ccccc2c2cc(-c3ccc4[nH]c5ccccc5c4c3)ccc21. The Morgan fingerprint density at radius 1 is 0.611 bits per heavy atom. The van der Waals surface area contributed by atoms with Crippen LogP contribution in [0.4, 0.5) is 0 Å². The molecular formula is C34H28N2. The second kappa shape index (κ2) is 8.13. The maximum absolute atomic E-state index is 3.55. The van der Waals surface area contributed by atoms with Crippen molar-refractivity contribution in [1.82, 2.24) is 9.55 Å². The number of nitrogens with zero attached hydrogens (tertiary/aromatic N) is 1. The highest BCUT2D eigenvalue weighted by Gasteiger charge is 2.17. The summed E-state index contributed by atoms with van der Waals surface area (Å²) in [7, 11) is 0. The summed E-state index contributed by atoms with van der Waals surface area (Å²) in [4.78, 5) is 3.55. The number of fused-ring (bicyclic) bond motifs is 6. The predicted octanol–water partition coefficient (Wildman–Crippen LogP) is 9.60. The zero-order valence-corrected chi connectivity index (χ0v) is 20.6. The van der Waals surface area contributed by atoms with E-state index in [9.17, 15) is 0 Å². The van der Waals surface area contributed by atoms with E-state index in [1.807, 2.05) is 0 Å². The summed E-state index contributed by atoms with van der Waals surface area (Å²) in [5.41, 5.74) is 10.0. The molecule has 1 N–H and O–H groups in total. The van der Waals surface area contributed by atoms with E-state index in [1.165, 1.54) is 66.0 Å². The Labute approximate surface area is 210 Å². The zero-order valence-electron chi connectivity index (χ0n) is 20.6. The molecule has 2 heterocycles. The van der Waals surface area contributed by atoms with Crippen LogP contribution >= 0.6 is 0 Å². The highest BCUT2D eigenvalue weighted by Crippen LogP contribution is 2.38. The highest BCUT2D eigenvalue weighted by atomic mass is 15.0. The van der Waals surface area contributed by atoms with Gasteiger partial charge in [-0.15, -0.1) is 0 Å². The van der Waals surface area contributed by atoms with Crippen molar-refractivity contribution in [2.45, 2.75) is 26.2 Å². The van der Waals surface area contributed by atoms with Crippen LogP contribution in [0.1, 0.15) is 31.7 Å². The lowest BCUT2D eigenvalue weighted by Gasteiger charge is -2.17. The summed E-state index contributed by atoms with van der Waals surface area (Å²) in [6, 6.07) is 39.9. The van der Waals surface area contributed by atoms with Gasteiger partial charge in [-0.25, -0.2) is 0 Å². The summed E-state index contributed by atoms with van der Waals surface area (Å²) in [6.45, 7) is 4.59. The van der Waals surface area contributed by atoms with Crippen LogP contribution in [0.3, 0.4) is 0 Å². The Kier molecular flexibility index (Phi) is 4.75. The van der Waals surface area contributed by atoms with Gasteiger partial charge < -0.3 is 9.55 Å². The zero-order chi connectivity index (χ0) is 24.2. The maximum atomic E-state index is 3.55. The molecule has 7 rings (SSSR count). The van der Waals surface area contributed by atoms with Crippen LogP contribution in [0.2, 0.25) is 0 Å². The van der Waals surface area contributed by atoms with E-state index in [0.29, 0.717) is 5.92 Å². The van der Waals surface area contributed by atoms with E-state index in [0.717, 1.165) is 6.42 Å². The third kappa shape index (κ3) is 3.11. The fraction of sp³-hybridized carbons (Fsp3) is 0.118. The fourth-order valence-electron chi connectivity index (χ4n) is 5.77. The monoisotopic (exact) mass is 464 g/mol. The van der Waals surface area contributed by atoms with Gasteiger partial charge in [0.05, 0.1) is 11.0 Å². The summed E-state index contributed by atoms with van der Waals surface area (Å²) >= 11 is 0. The normalized spacial score (nSPS) is 12.7. The molecule has 7 aromatic rings. The van der Waals surface area contributed by atoms with E-state index < -0.39 is 0 Å². The molecule has 0 aliphatic heterocycles. The second-order valence-electron chi connectivity index (χ2n) is 9.88. The van der Waals surface area contributed by atoms with Gasteiger partial charge in [0.25, 0.3) is 0 Å². The van der Waals surface area contributed by atoms with Crippen molar-refractivity contribution < 1.29 is 0 Å². The largest absolute Gasteiger partial charge is 0.355 e. The second-order valence-corrected chi connectivity index (χ2v) is 9.88. The molecule has 36 heavy (non-hydrogen) atoms. The van der Waals surface area contributed by atoms with Crippen molar-refractivity contribution in [2.75, 3.05) is 0 Å². The number of benzene rings is 5. The highest BCUT2D eigenvalue weighted by molar-refractivity contribution is 6.12. The third-order valence-corrected chi connectivity index (χ3v) is 7.83. The minimum Gasteiger partial charge on any atom is -0.355 e. The van der Waals surface area contributed by atoms with Crippen molar-refractivity contribution in [1.29, 1.82) is 0 Å². The van der Waals surface area contributed by atoms with Crippen LogP contribution in [0.5, 0.6) is 0 Å². The van der Waals surface area contributed by atoms with E-state index in [-0.39, 0.29) is 0 Å². The average Bonchev–Trinajstić information content (AvgIpc) is 3.47. The number of para-hydroxylation sites is 3.